The Morgan fingerprint density at radius 3 is 2.67 bits per heavy atom. The molecule has 0 spiro atoms. The lowest BCUT2D eigenvalue weighted by molar-refractivity contribution is -0.129. The van der Waals surface area contributed by atoms with Gasteiger partial charge in [-0.05, 0) is 25.0 Å². The second-order valence-corrected chi connectivity index (χ2v) is 6.43. The van der Waals surface area contributed by atoms with E-state index in [4.69, 9.17) is 25.8 Å². The third kappa shape index (κ3) is 4.77. The van der Waals surface area contributed by atoms with E-state index in [-0.39, 0.29) is 16.5 Å². The summed E-state index contributed by atoms with van der Waals surface area (Å²) in [6.07, 6.45) is -0.163. The number of amides is 1. The summed E-state index contributed by atoms with van der Waals surface area (Å²) in [6, 6.07) is 2.98. The molecule has 1 aliphatic heterocycles. The van der Waals surface area contributed by atoms with Crippen LogP contribution in [0.3, 0.4) is 0 Å². The van der Waals surface area contributed by atoms with Crippen molar-refractivity contribution in [2.75, 3.05) is 19.8 Å². The van der Waals surface area contributed by atoms with Crippen LogP contribution in [0.1, 0.15) is 37.6 Å². The lowest BCUT2D eigenvalue weighted by atomic mass is 10.2. The Bertz CT molecular complexity index is 617. The van der Waals surface area contributed by atoms with Crippen molar-refractivity contribution in [1.82, 2.24) is 5.32 Å². The fraction of sp³-hybridized carbons (Fsp3) is 0.529. The molecule has 1 N–H and O–H groups in total. The molecule has 1 aliphatic rings. The van der Waals surface area contributed by atoms with Crippen LogP contribution in [0.5, 0.6) is 11.5 Å². The molecule has 6 nitrogen and oxygen atoms in total. The van der Waals surface area contributed by atoms with Gasteiger partial charge in [0.25, 0.3) is 5.91 Å². The smallest absolute Gasteiger partial charge is 0.339 e. The molecule has 0 fully saturated rings. The highest BCUT2D eigenvalue weighted by atomic mass is 35.5. The number of carbonyl (C=O) groups excluding carboxylic acids is 2. The summed E-state index contributed by atoms with van der Waals surface area (Å²) in [7, 11) is 0. The molecule has 1 amide bonds. The highest BCUT2D eigenvalue weighted by Crippen LogP contribution is 2.38. The molecule has 0 aliphatic carbocycles. The van der Waals surface area contributed by atoms with E-state index in [9.17, 15) is 9.59 Å². The number of halogens is 1. The van der Waals surface area contributed by atoms with Crippen molar-refractivity contribution < 1.29 is 23.8 Å². The zero-order chi connectivity index (χ0) is 17.7. The molecule has 7 heteroatoms. The summed E-state index contributed by atoms with van der Waals surface area (Å²) in [6.45, 7) is 7.00. The van der Waals surface area contributed by atoms with Gasteiger partial charge >= 0.3 is 5.97 Å². The first-order valence-electron chi connectivity index (χ1n) is 7.96. The Morgan fingerprint density at radius 1 is 1.25 bits per heavy atom. The first-order valence-corrected chi connectivity index (χ1v) is 8.34. The number of rotatable bonds is 5. The molecule has 1 heterocycles. The van der Waals surface area contributed by atoms with Crippen LogP contribution in [0.25, 0.3) is 0 Å². The van der Waals surface area contributed by atoms with Crippen LogP contribution in [0.2, 0.25) is 5.02 Å². The van der Waals surface area contributed by atoms with E-state index in [2.05, 4.69) is 5.32 Å². The first kappa shape index (κ1) is 18.4. The van der Waals surface area contributed by atoms with Crippen molar-refractivity contribution in [3.63, 3.8) is 0 Å². The molecule has 24 heavy (non-hydrogen) atoms. The minimum atomic E-state index is -0.897. The van der Waals surface area contributed by atoms with Crippen LogP contribution in [-0.4, -0.2) is 37.7 Å². The van der Waals surface area contributed by atoms with E-state index in [0.29, 0.717) is 37.2 Å². The molecule has 1 atom stereocenters. The quantitative estimate of drug-likeness (QED) is 0.822. The van der Waals surface area contributed by atoms with E-state index in [1.807, 2.05) is 13.8 Å². The second-order valence-electron chi connectivity index (χ2n) is 6.02. The largest absolute Gasteiger partial charge is 0.489 e. The summed E-state index contributed by atoms with van der Waals surface area (Å²) in [5.74, 6) is 0.173. The Kier molecular flexibility index (Phi) is 6.31. The molecule has 0 aromatic heterocycles. The van der Waals surface area contributed by atoms with E-state index < -0.39 is 12.1 Å². The Labute approximate surface area is 146 Å². The number of carbonyl (C=O) groups is 2. The van der Waals surface area contributed by atoms with Crippen molar-refractivity contribution in [3.8, 4) is 11.5 Å². The molecular weight excluding hydrogens is 334 g/mol. The van der Waals surface area contributed by atoms with Gasteiger partial charge in [0, 0.05) is 13.0 Å². The van der Waals surface area contributed by atoms with Crippen molar-refractivity contribution in [2.45, 2.75) is 33.3 Å². The molecule has 0 bridgehead atoms. The zero-order valence-corrected chi connectivity index (χ0v) is 14.8. The van der Waals surface area contributed by atoms with Crippen LogP contribution in [-0.2, 0) is 9.53 Å². The molecule has 1 aromatic carbocycles. The number of fused-ring (bicyclic) bond motifs is 1. The van der Waals surface area contributed by atoms with Crippen molar-refractivity contribution >= 4 is 23.5 Å². The molecule has 0 saturated carbocycles. The number of hydrogen-bond acceptors (Lipinski definition) is 5. The fourth-order valence-corrected chi connectivity index (χ4v) is 2.34. The third-order valence-electron chi connectivity index (χ3n) is 3.38. The highest BCUT2D eigenvalue weighted by molar-refractivity contribution is 6.32. The molecule has 2 rings (SSSR count). The van der Waals surface area contributed by atoms with Crippen LogP contribution in [0, 0.1) is 5.92 Å². The summed E-state index contributed by atoms with van der Waals surface area (Å²) < 4.78 is 16.3. The minimum absolute atomic E-state index is 0.216. The van der Waals surface area contributed by atoms with Crippen molar-refractivity contribution in [1.29, 1.82) is 0 Å². The number of hydrogen-bond donors (Lipinski definition) is 1. The number of nitrogens with one attached hydrogen (secondary N) is 1. The topological polar surface area (TPSA) is 73.9 Å². The van der Waals surface area contributed by atoms with Crippen LogP contribution >= 0.6 is 11.6 Å². The van der Waals surface area contributed by atoms with Crippen LogP contribution in [0.15, 0.2) is 12.1 Å². The van der Waals surface area contributed by atoms with E-state index in [1.165, 1.54) is 19.1 Å². The van der Waals surface area contributed by atoms with Crippen LogP contribution in [0.4, 0.5) is 0 Å². The van der Waals surface area contributed by atoms with Gasteiger partial charge in [-0.25, -0.2) is 4.79 Å². The standard InChI is InChI=1S/C17H22ClNO5/c1-10(2)9-19-16(20)11(3)24-17(21)12-7-13(18)15-14(8-12)22-5-4-6-23-15/h7-8,10-11H,4-6,9H2,1-3H3,(H,19,20). The Balaban J connectivity index is 2.05. The van der Waals surface area contributed by atoms with Crippen molar-refractivity contribution in [3.05, 3.63) is 22.7 Å². The maximum Gasteiger partial charge on any atom is 0.339 e. The second kappa shape index (κ2) is 8.24. The SMILES string of the molecule is CC(C)CNC(=O)C(C)OC(=O)c1cc(Cl)c2c(c1)OCCCO2. The summed E-state index contributed by atoms with van der Waals surface area (Å²) in [5, 5.41) is 3.00. The zero-order valence-electron chi connectivity index (χ0n) is 14.1. The van der Waals surface area contributed by atoms with Gasteiger partial charge in [-0.3, -0.25) is 4.79 Å². The van der Waals surface area contributed by atoms with Gasteiger partial charge in [-0.15, -0.1) is 0 Å². The fourth-order valence-electron chi connectivity index (χ4n) is 2.08. The monoisotopic (exact) mass is 355 g/mol. The predicted molar refractivity (Wildman–Crippen MR) is 89.8 cm³/mol. The lowest BCUT2D eigenvalue weighted by Gasteiger charge is -2.15. The van der Waals surface area contributed by atoms with Gasteiger partial charge in [-0.2, -0.15) is 0 Å². The van der Waals surface area contributed by atoms with Gasteiger partial charge < -0.3 is 19.5 Å². The predicted octanol–water partition coefficient (Wildman–Crippen LogP) is 2.82. The molecule has 132 valence electrons. The minimum Gasteiger partial charge on any atom is -0.489 e. The Morgan fingerprint density at radius 2 is 1.96 bits per heavy atom. The van der Waals surface area contributed by atoms with Gasteiger partial charge in [0.1, 0.15) is 0 Å². The molecule has 1 aromatic rings. The van der Waals surface area contributed by atoms with Gasteiger partial charge in [0.05, 0.1) is 23.8 Å². The normalized spacial score (nSPS) is 14.7. The van der Waals surface area contributed by atoms with Gasteiger partial charge in [0.2, 0.25) is 0 Å². The van der Waals surface area contributed by atoms with Crippen molar-refractivity contribution in [2.24, 2.45) is 5.92 Å². The first-order chi connectivity index (χ1) is 11.4. The van der Waals surface area contributed by atoms with E-state index >= 15 is 0 Å². The average molecular weight is 356 g/mol. The number of ether oxygens (including phenoxy) is 3. The molecule has 0 radical (unpaired) electrons. The average Bonchev–Trinajstić information content (AvgIpc) is 2.78. The molecule has 1 unspecified atom stereocenters. The van der Waals surface area contributed by atoms with Crippen LogP contribution < -0.4 is 14.8 Å². The molecule has 0 saturated heterocycles. The summed E-state index contributed by atoms with van der Waals surface area (Å²) >= 11 is 6.16. The van der Waals surface area contributed by atoms with Gasteiger partial charge in [-0.1, -0.05) is 25.4 Å². The van der Waals surface area contributed by atoms with E-state index in [0.717, 1.165) is 6.42 Å². The lowest BCUT2D eigenvalue weighted by Crippen LogP contribution is -2.37. The Hall–Kier alpha value is -1.95. The third-order valence-corrected chi connectivity index (χ3v) is 3.66. The maximum absolute atomic E-state index is 12.3. The number of benzene rings is 1. The number of esters is 1. The summed E-state index contributed by atoms with van der Waals surface area (Å²) in [4.78, 5) is 24.2. The highest BCUT2D eigenvalue weighted by Gasteiger charge is 2.22. The summed E-state index contributed by atoms with van der Waals surface area (Å²) in [5.41, 5.74) is 0.216. The molecular formula is C17H22ClNO5. The van der Waals surface area contributed by atoms with E-state index in [1.54, 1.807) is 0 Å². The maximum atomic E-state index is 12.3. The van der Waals surface area contributed by atoms with Gasteiger partial charge in [0.15, 0.2) is 17.6 Å².